The second-order valence-electron chi connectivity index (χ2n) is 7.45. The van der Waals surface area contributed by atoms with E-state index in [-0.39, 0.29) is 17.6 Å². The quantitative estimate of drug-likeness (QED) is 0.869. The van der Waals surface area contributed by atoms with E-state index in [2.05, 4.69) is 15.5 Å². The van der Waals surface area contributed by atoms with E-state index in [0.717, 1.165) is 25.9 Å². The van der Waals surface area contributed by atoms with Gasteiger partial charge in [-0.25, -0.2) is 0 Å². The molecule has 1 aliphatic carbocycles. The highest BCUT2D eigenvalue weighted by Crippen LogP contribution is 2.53. The Balaban J connectivity index is 1.36. The molecule has 7 nitrogen and oxygen atoms in total. The van der Waals surface area contributed by atoms with Gasteiger partial charge in [0.05, 0.1) is 0 Å². The molecule has 1 saturated heterocycles. The average molecular weight is 389 g/mol. The van der Waals surface area contributed by atoms with Gasteiger partial charge in [-0.3, -0.25) is 9.59 Å². The number of rotatable bonds is 4. The third-order valence-electron chi connectivity index (χ3n) is 5.51. The Morgan fingerprint density at radius 3 is 2.67 bits per heavy atom. The van der Waals surface area contributed by atoms with Crippen molar-refractivity contribution in [3.63, 3.8) is 0 Å². The van der Waals surface area contributed by atoms with Crippen molar-refractivity contribution in [1.29, 1.82) is 0 Å². The van der Waals surface area contributed by atoms with Crippen molar-refractivity contribution >= 4 is 23.4 Å². The summed E-state index contributed by atoms with van der Waals surface area (Å²) in [5.74, 6) is -0.520. The number of halogens is 1. The van der Waals surface area contributed by atoms with Gasteiger partial charge in [-0.05, 0) is 56.2 Å². The number of nitrogens with zero attached hydrogens (tertiary/aromatic N) is 3. The molecule has 2 aliphatic rings. The lowest BCUT2D eigenvalue weighted by Gasteiger charge is -2.33. The number of carbonyl (C=O) groups excluding carboxylic acids is 2. The van der Waals surface area contributed by atoms with Gasteiger partial charge in [0, 0.05) is 23.7 Å². The van der Waals surface area contributed by atoms with Crippen LogP contribution in [0, 0.1) is 5.41 Å². The molecular formula is C19H21ClN4O3. The number of aromatic nitrogens is 2. The Morgan fingerprint density at radius 2 is 2.00 bits per heavy atom. The molecule has 2 aromatic rings. The van der Waals surface area contributed by atoms with E-state index in [1.165, 1.54) is 12.8 Å². The minimum absolute atomic E-state index is 0.0718. The summed E-state index contributed by atoms with van der Waals surface area (Å²) in [4.78, 5) is 30.9. The van der Waals surface area contributed by atoms with E-state index in [4.69, 9.17) is 16.1 Å². The standard InChI is InChI=1S/C19H21ClN4O3/c1-12(18(26)24-9-7-19(5-6-19)8-10-24)21-16(25)15-22-17(27-23-15)13-3-2-4-14(20)11-13/h2-4,11-12H,5-10H2,1H3,(H,21,25). The van der Waals surface area contributed by atoms with Crippen LogP contribution in [0.3, 0.4) is 0 Å². The van der Waals surface area contributed by atoms with Gasteiger partial charge < -0.3 is 14.7 Å². The maximum atomic E-state index is 12.6. The zero-order valence-corrected chi connectivity index (χ0v) is 15.8. The third-order valence-corrected chi connectivity index (χ3v) is 5.75. The largest absolute Gasteiger partial charge is 0.341 e. The number of benzene rings is 1. The molecule has 8 heteroatoms. The van der Waals surface area contributed by atoms with Crippen LogP contribution in [0.5, 0.6) is 0 Å². The lowest BCUT2D eigenvalue weighted by Crippen LogP contribution is -2.49. The second-order valence-corrected chi connectivity index (χ2v) is 7.89. The molecule has 4 rings (SSSR count). The Hall–Kier alpha value is -2.41. The molecule has 0 radical (unpaired) electrons. The Kier molecular flexibility index (Phi) is 4.63. The van der Waals surface area contributed by atoms with E-state index >= 15 is 0 Å². The molecule has 1 aliphatic heterocycles. The van der Waals surface area contributed by atoms with Crippen LogP contribution in [0.15, 0.2) is 28.8 Å². The molecule has 142 valence electrons. The summed E-state index contributed by atoms with van der Waals surface area (Å²) in [7, 11) is 0. The van der Waals surface area contributed by atoms with Crippen molar-refractivity contribution in [2.24, 2.45) is 5.41 Å². The van der Waals surface area contributed by atoms with Gasteiger partial charge in [0.15, 0.2) is 0 Å². The molecule has 1 N–H and O–H groups in total. The van der Waals surface area contributed by atoms with Gasteiger partial charge in [0.2, 0.25) is 5.91 Å². The first-order valence-electron chi connectivity index (χ1n) is 9.15. The summed E-state index contributed by atoms with van der Waals surface area (Å²) < 4.78 is 5.14. The van der Waals surface area contributed by atoms with Gasteiger partial charge in [-0.1, -0.05) is 22.8 Å². The zero-order chi connectivity index (χ0) is 19.0. The first kappa shape index (κ1) is 18.0. The highest BCUT2D eigenvalue weighted by Gasteiger charge is 2.45. The highest BCUT2D eigenvalue weighted by molar-refractivity contribution is 6.30. The normalized spacial score (nSPS) is 19.0. The SMILES string of the molecule is CC(NC(=O)c1noc(-c2cccc(Cl)c2)n1)C(=O)N1CCC2(CC1)CC2. The monoisotopic (exact) mass is 388 g/mol. The van der Waals surface area contributed by atoms with Crippen molar-refractivity contribution in [3.8, 4) is 11.5 Å². The number of hydrogen-bond acceptors (Lipinski definition) is 5. The lowest BCUT2D eigenvalue weighted by atomic mass is 9.93. The van der Waals surface area contributed by atoms with Crippen LogP contribution in [-0.2, 0) is 4.79 Å². The summed E-state index contributed by atoms with van der Waals surface area (Å²) >= 11 is 5.95. The number of carbonyl (C=O) groups is 2. The number of hydrogen-bond donors (Lipinski definition) is 1. The van der Waals surface area contributed by atoms with Crippen LogP contribution < -0.4 is 5.32 Å². The molecule has 0 bridgehead atoms. The molecule has 2 heterocycles. The van der Waals surface area contributed by atoms with Crippen LogP contribution in [0.4, 0.5) is 0 Å². The minimum atomic E-state index is -0.640. The predicted octanol–water partition coefficient (Wildman–Crippen LogP) is 2.91. The molecule has 1 aromatic carbocycles. The van der Waals surface area contributed by atoms with Gasteiger partial charge in [-0.2, -0.15) is 4.98 Å². The first-order chi connectivity index (χ1) is 13.0. The van der Waals surface area contributed by atoms with Gasteiger partial charge in [0.25, 0.3) is 17.6 Å². The lowest BCUT2D eigenvalue weighted by molar-refractivity contribution is -0.134. The van der Waals surface area contributed by atoms with Crippen molar-refractivity contribution in [2.45, 2.75) is 38.6 Å². The van der Waals surface area contributed by atoms with Crippen molar-refractivity contribution in [2.75, 3.05) is 13.1 Å². The van der Waals surface area contributed by atoms with Crippen LogP contribution in [0.25, 0.3) is 11.5 Å². The molecule has 27 heavy (non-hydrogen) atoms. The van der Waals surface area contributed by atoms with Crippen molar-refractivity contribution in [1.82, 2.24) is 20.4 Å². The number of piperidine rings is 1. The Morgan fingerprint density at radius 1 is 1.26 bits per heavy atom. The molecular weight excluding hydrogens is 368 g/mol. The summed E-state index contributed by atoms with van der Waals surface area (Å²) in [6.45, 7) is 3.21. The predicted molar refractivity (Wildman–Crippen MR) is 99.2 cm³/mol. The molecule has 1 spiro atoms. The number of nitrogens with one attached hydrogen (secondary N) is 1. The van der Waals surface area contributed by atoms with E-state index in [0.29, 0.717) is 16.0 Å². The third kappa shape index (κ3) is 3.83. The molecule has 1 atom stereocenters. The van der Waals surface area contributed by atoms with E-state index in [9.17, 15) is 9.59 Å². The first-order valence-corrected chi connectivity index (χ1v) is 9.53. The summed E-state index contributed by atoms with van der Waals surface area (Å²) in [5.41, 5.74) is 1.13. The zero-order valence-electron chi connectivity index (χ0n) is 15.1. The maximum Gasteiger partial charge on any atom is 0.293 e. The van der Waals surface area contributed by atoms with Gasteiger partial charge in [-0.15, -0.1) is 0 Å². The van der Waals surface area contributed by atoms with Crippen LogP contribution >= 0.6 is 11.6 Å². The molecule has 1 aromatic heterocycles. The van der Waals surface area contributed by atoms with E-state index in [1.54, 1.807) is 31.2 Å². The molecule has 1 unspecified atom stereocenters. The number of likely N-dealkylation sites (tertiary alicyclic amines) is 1. The van der Waals surface area contributed by atoms with Gasteiger partial charge >= 0.3 is 0 Å². The van der Waals surface area contributed by atoms with E-state index < -0.39 is 11.9 Å². The molecule has 1 saturated carbocycles. The highest BCUT2D eigenvalue weighted by atomic mass is 35.5. The van der Waals surface area contributed by atoms with Gasteiger partial charge in [0.1, 0.15) is 6.04 Å². The fourth-order valence-corrected chi connectivity index (χ4v) is 3.72. The second kappa shape index (κ2) is 6.96. The van der Waals surface area contributed by atoms with Crippen LogP contribution in [-0.4, -0.2) is 46.0 Å². The smallest absolute Gasteiger partial charge is 0.293 e. The molecule has 2 amide bonds. The fraction of sp³-hybridized carbons (Fsp3) is 0.474. The molecule has 2 fully saturated rings. The topological polar surface area (TPSA) is 88.3 Å². The Bertz CT molecular complexity index is 867. The maximum absolute atomic E-state index is 12.6. The average Bonchev–Trinajstić information content (AvgIpc) is 3.22. The summed E-state index contributed by atoms with van der Waals surface area (Å²) in [5, 5.41) is 6.91. The van der Waals surface area contributed by atoms with Crippen LogP contribution in [0.1, 0.15) is 43.2 Å². The summed E-state index contributed by atoms with van der Waals surface area (Å²) in [6, 6.07) is 6.28. The fourth-order valence-electron chi connectivity index (χ4n) is 3.53. The van der Waals surface area contributed by atoms with Crippen LogP contribution in [0.2, 0.25) is 5.02 Å². The minimum Gasteiger partial charge on any atom is -0.341 e. The van der Waals surface area contributed by atoms with E-state index in [1.807, 2.05) is 4.90 Å². The summed E-state index contributed by atoms with van der Waals surface area (Å²) in [6.07, 6.45) is 4.70. The van der Waals surface area contributed by atoms with Crippen molar-refractivity contribution < 1.29 is 14.1 Å². The van der Waals surface area contributed by atoms with Crippen molar-refractivity contribution in [3.05, 3.63) is 35.1 Å². The Labute approximate surface area is 162 Å². The number of amides is 2.